The first-order valence-corrected chi connectivity index (χ1v) is 6.36. The summed E-state index contributed by atoms with van der Waals surface area (Å²) < 4.78 is 13.5. The lowest BCUT2D eigenvalue weighted by Crippen LogP contribution is -2.20. The van der Waals surface area contributed by atoms with Crippen molar-refractivity contribution in [1.29, 1.82) is 0 Å². The molecule has 3 N–H and O–H groups in total. The zero-order valence-electron chi connectivity index (χ0n) is 10.3. The summed E-state index contributed by atoms with van der Waals surface area (Å²) in [5, 5.41) is 15.6. The Morgan fingerprint density at radius 1 is 1.35 bits per heavy atom. The number of carbonyl (C=O) groups is 2. The molecule has 6 nitrogen and oxygen atoms in total. The van der Waals surface area contributed by atoms with Crippen LogP contribution in [0.15, 0.2) is 23.6 Å². The Morgan fingerprint density at radius 3 is 2.70 bits per heavy atom. The number of nitrogens with zero attached hydrogens (tertiary/aromatic N) is 1. The molecule has 1 aromatic heterocycles. The van der Waals surface area contributed by atoms with E-state index in [1.165, 1.54) is 11.3 Å². The molecule has 2 amide bonds. The molecule has 0 radical (unpaired) electrons. The fourth-order valence-corrected chi connectivity index (χ4v) is 2.10. The Kier molecular flexibility index (Phi) is 3.94. The second-order valence-electron chi connectivity index (χ2n) is 3.87. The van der Waals surface area contributed by atoms with Crippen LogP contribution in [0.4, 0.5) is 20.0 Å². The summed E-state index contributed by atoms with van der Waals surface area (Å²) in [5.41, 5.74) is 0.423. The van der Waals surface area contributed by atoms with Crippen LogP contribution in [0, 0.1) is 12.7 Å². The third-order valence-electron chi connectivity index (χ3n) is 2.30. The van der Waals surface area contributed by atoms with Crippen molar-refractivity contribution in [3.05, 3.63) is 40.7 Å². The molecule has 0 unspecified atom stereocenters. The topological polar surface area (TPSA) is 91.3 Å². The third-order valence-corrected chi connectivity index (χ3v) is 3.18. The summed E-state index contributed by atoms with van der Waals surface area (Å²) in [6, 6.07) is 2.45. The Bertz CT molecular complexity index is 672. The molecule has 1 aromatic carbocycles. The zero-order valence-corrected chi connectivity index (χ0v) is 11.1. The van der Waals surface area contributed by atoms with Gasteiger partial charge in [0.05, 0.1) is 16.9 Å². The van der Waals surface area contributed by atoms with E-state index in [-0.39, 0.29) is 11.3 Å². The molecule has 0 fully saturated rings. The Balaban J connectivity index is 2.11. The van der Waals surface area contributed by atoms with Crippen LogP contribution in [-0.2, 0) is 0 Å². The minimum atomic E-state index is -1.20. The predicted molar refractivity (Wildman–Crippen MR) is 72.9 cm³/mol. The number of hydrogen-bond donors (Lipinski definition) is 3. The number of aromatic carboxylic acids is 1. The molecule has 2 aromatic rings. The van der Waals surface area contributed by atoms with Gasteiger partial charge < -0.3 is 10.4 Å². The summed E-state index contributed by atoms with van der Waals surface area (Å²) in [5.74, 6) is -1.93. The van der Waals surface area contributed by atoms with E-state index in [4.69, 9.17) is 5.11 Å². The molecule has 0 saturated carbocycles. The normalized spacial score (nSPS) is 10.1. The highest BCUT2D eigenvalue weighted by molar-refractivity contribution is 7.13. The second kappa shape index (κ2) is 5.66. The Morgan fingerprint density at radius 2 is 2.10 bits per heavy atom. The van der Waals surface area contributed by atoms with E-state index in [0.717, 1.165) is 23.9 Å². The number of hydrogen-bond acceptors (Lipinski definition) is 4. The number of carboxylic acids is 1. The number of anilines is 2. The lowest BCUT2D eigenvalue weighted by Gasteiger charge is -2.07. The van der Waals surface area contributed by atoms with Gasteiger partial charge in [0.15, 0.2) is 5.13 Å². The number of urea groups is 1. The number of aryl methyl sites for hydroxylation is 1. The quantitative estimate of drug-likeness (QED) is 0.812. The number of aromatic nitrogens is 1. The molecule has 0 bridgehead atoms. The lowest BCUT2D eigenvalue weighted by atomic mass is 10.2. The van der Waals surface area contributed by atoms with Gasteiger partial charge in [-0.1, -0.05) is 0 Å². The maximum Gasteiger partial charge on any atom is 0.335 e. The molecule has 0 aliphatic heterocycles. The maximum atomic E-state index is 13.5. The van der Waals surface area contributed by atoms with Crippen molar-refractivity contribution in [2.45, 2.75) is 6.92 Å². The summed E-state index contributed by atoms with van der Waals surface area (Å²) in [4.78, 5) is 26.5. The molecule has 8 heteroatoms. The van der Waals surface area contributed by atoms with Gasteiger partial charge >= 0.3 is 12.0 Å². The van der Waals surface area contributed by atoms with Gasteiger partial charge in [0.1, 0.15) is 5.82 Å². The van der Waals surface area contributed by atoms with Crippen LogP contribution in [0.2, 0.25) is 0 Å². The highest BCUT2D eigenvalue weighted by Crippen LogP contribution is 2.18. The van der Waals surface area contributed by atoms with Crippen molar-refractivity contribution in [2.75, 3.05) is 10.6 Å². The van der Waals surface area contributed by atoms with E-state index in [9.17, 15) is 14.0 Å². The van der Waals surface area contributed by atoms with Crippen molar-refractivity contribution in [3.63, 3.8) is 0 Å². The summed E-state index contributed by atoms with van der Waals surface area (Å²) >= 11 is 1.23. The van der Waals surface area contributed by atoms with E-state index < -0.39 is 17.8 Å². The molecule has 0 atom stereocenters. The number of nitrogens with one attached hydrogen (secondary N) is 2. The number of benzene rings is 1. The minimum absolute atomic E-state index is 0.119. The molecule has 20 heavy (non-hydrogen) atoms. The number of amides is 2. The van der Waals surface area contributed by atoms with Gasteiger partial charge in [0.2, 0.25) is 0 Å². The first-order chi connectivity index (χ1) is 9.45. The van der Waals surface area contributed by atoms with Crippen LogP contribution < -0.4 is 10.6 Å². The van der Waals surface area contributed by atoms with Crippen LogP contribution in [-0.4, -0.2) is 22.1 Å². The Hall–Kier alpha value is -2.48. The van der Waals surface area contributed by atoms with Gasteiger partial charge in [-0.25, -0.2) is 19.0 Å². The van der Waals surface area contributed by atoms with Gasteiger partial charge in [-0.05, 0) is 25.1 Å². The van der Waals surface area contributed by atoms with Gasteiger partial charge in [-0.15, -0.1) is 11.3 Å². The smallest absolute Gasteiger partial charge is 0.335 e. The third kappa shape index (κ3) is 3.29. The van der Waals surface area contributed by atoms with Crippen LogP contribution in [0.25, 0.3) is 0 Å². The predicted octanol–water partition coefficient (Wildman–Crippen LogP) is 2.93. The monoisotopic (exact) mass is 295 g/mol. The zero-order chi connectivity index (χ0) is 14.7. The molecular formula is C12H10FN3O3S. The molecule has 0 aliphatic carbocycles. The number of carboxylic acid groups (broad SMARTS) is 1. The summed E-state index contributed by atoms with van der Waals surface area (Å²) in [6.45, 7) is 1.77. The fraction of sp³-hybridized carbons (Fsp3) is 0.0833. The standard InChI is InChI=1S/C12H10FN3O3S/c1-6-5-20-12(14-6)16-11(19)15-9-4-7(10(17)18)2-3-8(9)13/h2-5H,1H3,(H,17,18)(H2,14,15,16,19). The molecule has 0 spiro atoms. The first-order valence-electron chi connectivity index (χ1n) is 5.48. The summed E-state index contributed by atoms with van der Waals surface area (Å²) in [7, 11) is 0. The second-order valence-corrected chi connectivity index (χ2v) is 4.73. The van der Waals surface area contributed by atoms with Crippen molar-refractivity contribution in [2.24, 2.45) is 0 Å². The molecule has 1 heterocycles. The average molecular weight is 295 g/mol. The molecule has 0 saturated heterocycles. The highest BCUT2D eigenvalue weighted by atomic mass is 32.1. The van der Waals surface area contributed by atoms with Crippen LogP contribution in [0.1, 0.15) is 16.1 Å². The summed E-state index contributed by atoms with van der Waals surface area (Å²) in [6.07, 6.45) is 0. The van der Waals surface area contributed by atoms with Crippen molar-refractivity contribution in [3.8, 4) is 0 Å². The van der Waals surface area contributed by atoms with E-state index in [2.05, 4.69) is 15.6 Å². The van der Waals surface area contributed by atoms with E-state index in [1.54, 1.807) is 12.3 Å². The molecule has 0 aliphatic rings. The van der Waals surface area contributed by atoms with Gasteiger partial charge in [-0.2, -0.15) is 0 Å². The van der Waals surface area contributed by atoms with Crippen LogP contribution in [0.5, 0.6) is 0 Å². The van der Waals surface area contributed by atoms with Gasteiger partial charge in [-0.3, -0.25) is 5.32 Å². The van der Waals surface area contributed by atoms with E-state index in [0.29, 0.717) is 5.13 Å². The average Bonchev–Trinajstić information content (AvgIpc) is 2.77. The largest absolute Gasteiger partial charge is 0.478 e. The first kappa shape index (κ1) is 13.9. The molecule has 104 valence electrons. The number of rotatable bonds is 3. The van der Waals surface area contributed by atoms with E-state index in [1.807, 2.05) is 0 Å². The Labute approximate surface area is 117 Å². The minimum Gasteiger partial charge on any atom is -0.478 e. The number of carbonyl (C=O) groups excluding carboxylic acids is 1. The lowest BCUT2D eigenvalue weighted by molar-refractivity contribution is 0.0697. The van der Waals surface area contributed by atoms with Crippen molar-refractivity contribution < 1.29 is 19.1 Å². The number of halogens is 1. The molecule has 2 rings (SSSR count). The van der Waals surface area contributed by atoms with Crippen LogP contribution in [0.3, 0.4) is 0 Å². The highest BCUT2D eigenvalue weighted by Gasteiger charge is 2.12. The SMILES string of the molecule is Cc1csc(NC(=O)Nc2cc(C(=O)O)ccc2F)n1. The fourth-order valence-electron chi connectivity index (χ4n) is 1.42. The molecular weight excluding hydrogens is 285 g/mol. The van der Waals surface area contributed by atoms with Crippen molar-refractivity contribution in [1.82, 2.24) is 4.98 Å². The van der Waals surface area contributed by atoms with Gasteiger partial charge in [0, 0.05) is 5.38 Å². The van der Waals surface area contributed by atoms with E-state index >= 15 is 0 Å². The van der Waals surface area contributed by atoms with Crippen molar-refractivity contribution >= 4 is 34.2 Å². The van der Waals surface area contributed by atoms with Crippen LogP contribution >= 0.6 is 11.3 Å². The maximum absolute atomic E-state index is 13.5. The van der Waals surface area contributed by atoms with Gasteiger partial charge in [0.25, 0.3) is 0 Å². The number of thiazole rings is 1.